The molecule has 2 aliphatic rings. The molecular weight excluding hydrogens is 386 g/mol. The molecule has 0 spiro atoms. The molecule has 2 aliphatic heterocycles. The lowest BCUT2D eigenvalue weighted by Crippen LogP contribution is -2.81. The van der Waals surface area contributed by atoms with Crippen molar-refractivity contribution < 1.29 is 14.4 Å². The van der Waals surface area contributed by atoms with Crippen molar-refractivity contribution in [3.05, 3.63) is 40.8 Å². The Morgan fingerprint density at radius 1 is 1.29 bits per heavy atom. The summed E-state index contributed by atoms with van der Waals surface area (Å²) in [6.45, 7) is 3.36. The summed E-state index contributed by atoms with van der Waals surface area (Å²) in [5.41, 5.74) is 6.87. The highest BCUT2D eigenvalue weighted by atomic mass is 32.2. The van der Waals surface area contributed by atoms with Crippen LogP contribution in [-0.2, 0) is 14.4 Å². The number of carbonyl (C=O) groups excluding carboxylic acids is 3. The van der Waals surface area contributed by atoms with Crippen LogP contribution in [0, 0.1) is 4.91 Å². The van der Waals surface area contributed by atoms with Gasteiger partial charge in [-0.05, 0) is 19.4 Å². The lowest BCUT2D eigenvalue weighted by atomic mass is 9.92. The van der Waals surface area contributed by atoms with Gasteiger partial charge in [-0.3, -0.25) is 25.0 Å². The molecule has 0 radical (unpaired) electrons. The smallest absolute Gasteiger partial charge is 0.310 e. The van der Waals surface area contributed by atoms with E-state index in [1.807, 2.05) is 0 Å². The quantitative estimate of drug-likeness (QED) is 0.206. The Hall–Kier alpha value is -2.86. The fraction of sp³-hybridized carbons (Fsp3) is 0.438. The molecule has 2 saturated heterocycles. The van der Waals surface area contributed by atoms with Crippen molar-refractivity contribution in [3.63, 3.8) is 0 Å². The summed E-state index contributed by atoms with van der Waals surface area (Å²) in [5, 5.41) is 11.9. The molecule has 1 aromatic rings. The minimum Gasteiger partial charge on any atom is -0.338 e. The van der Waals surface area contributed by atoms with Gasteiger partial charge in [-0.25, -0.2) is 0 Å². The zero-order chi connectivity index (χ0) is 20.7. The molecule has 4 atom stereocenters. The van der Waals surface area contributed by atoms with Crippen LogP contribution >= 0.6 is 11.8 Å². The number of nitroso groups, excluding NO2 is 1. The van der Waals surface area contributed by atoms with Crippen LogP contribution in [0.15, 0.2) is 45.8 Å². The number of benzene rings is 1. The Bertz CT molecular complexity index is 862. The second-order valence-corrected chi connectivity index (χ2v) is 8.89. The average Bonchev–Trinajstić information content (AvgIpc) is 2.86. The largest absolute Gasteiger partial charge is 0.338 e. The van der Waals surface area contributed by atoms with Gasteiger partial charge in [0.2, 0.25) is 0 Å². The number of nitrogens with one attached hydrogen (secondary N) is 1. The van der Waals surface area contributed by atoms with Crippen LogP contribution in [0.3, 0.4) is 0 Å². The number of hydrogen-bond donors (Lipinski definition) is 3. The molecule has 28 heavy (non-hydrogen) atoms. The molecule has 1 aromatic carbocycles. The lowest BCUT2D eigenvalue weighted by Gasteiger charge is -2.51. The first kappa shape index (κ1) is 19.9. The van der Waals surface area contributed by atoms with E-state index in [4.69, 9.17) is 11.6 Å². The monoisotopic (exact) mass is 405 g/mol. The molecular formula is C16H19N7O4S. The fourth-order valence-corrected chi connectivity index (χ4v) is 5.33. The van der Waals surface area contributed by atoms with Gasteiger partial charge in [-0.2, -0.15) is 5.11 Å². The molecule has 11 nitrogen and oxygen atoms in total. The van der Waals surface area contributed by atoms with Crippen LogP contribution in [0.2, 0.25) is 0 Å². The van der Waals surface area contributed by atoms with Crippen molar-refractivity contribution in [1.82, 2.24) is 10.2 Å². The molecule has 12 heteroatoms. The van der Waals surface area contributed by atoms with Crippen LogP contribution in [0.1, 0.15) is 25.5 Å². The number of carbonyl (C=O) groups is 3. The maximum absolute atomic E-state index is 12.8. The molecule has 3 amide bonds. The van der Waals surface area contributed by atoms with E-state index >= 15 is 0 Å². The average molecular weight is 405 g/mol. The summed E-state index contributed by atoms with van der Waals surface area (Å²) < 4.78 is -0.856. The molecule has 148 valence electrons. The minimum atomic E-state index is -1.39. The Morgan fingerprint density at radius 2 is 1.93 bits per heavy atom. The summed E-state index contributed by atoms with van der Waals surface area (Å²) in [5.74, 6) is 2.94. The van der Waals surface area contributed by atoms with Gasteiger partial charge >= 0.3 is 5.91 Å². The number of thioether (sulfide) groups is 1. The molecule has 0 saturated carbocycles. The molecule has 3 rings (SSSR count). The van der Waals surface area contributed by atoms with Gasteiger partial charge in [-0.15, -0.1) is 16.7 Å². The van der Waals surface area contributed by atoms with Gasteiger partial charge in [0.15, 0.2) is 17.1 Å². The van der Waals surface area contributed by atoms with Crippen LogP contribution < -0.4 is 16.9 Å². The fourth-order valence-electron chi connectivity index (χ4n) is 3.60. The maximum atomic E-state index is 12.8. The Balaban J connectivity index is 1.84. The van der Waals surface area contributed by atoms with E-state index in [1.54, 1.807) is 44.2 Å². The lowest BCUT2D eigenvalue weighted by molar-refractivity contribution is -0.162. The van der Waals surface area contributed by atoms with Crippen molar-refractivity contribution in [3.8, 4) is 0 Å². The number of nitrogens with zero attached hydrogens (tertiary/aromatic N) is 4. The van der Waals surface area contributed by atoms with Gasteiger partial charge in [-0.1, -0.05) is 35.6 Å². The van der Waals surface area contributed by atoms with Gasteiger partial charge in [0.1, 0.15) is 6.04 Å². The first-order chi connectivity index (χ1) is 13.2. The predicted molar refractivity (Wildman–Crippen MR) is 100 cm³/mol. The van der Waals surface area contributed by atoms with E-state index in [-0.39, 0.29) is 0 Å². The van der Waals surface area contributed by atoms with Crippen LogP contribution in [0.5, 0.6) is 0 Å². The van der Waals surface area contributed by atoms with Crippen LogP contribution in [0.25, 0.3) is 0 Å². The molecule has 0 aliphatic carbocycles. The summed E-state index contributed by atoms with van der Waals surface area (Å²) in [7, 11) is 0. The molecule has 0 aromatic heterocycles. The van der Waals surface area contributed by atoms with Crippen molar-refractivity contribution in [2.24, 2.45) is 27.1 Å². The van der Waals surface area contributed by atoms with E-state index in [0.717, 1.165) is 16.7 Å². The number of amides is 3. The van der Waals surface area contributed by atoms with Crippen LogP contribution in [-0.4, -0.2) is 44.4 Å². The van der Waals surface area contributed by atoms with Gasteiger partial charge in [0.05, 0.1) is 0 Å². The summed E-state index contributed by atoms with van der Waals surface area (Å²) in [6.07, 6.45) is 0. The maximum Gasteiger partial charge on any atom is 0.310 e. The zero-order valence-electron chi connectivity index (χ0n) is 15.1. The summed E-state index contributed by atoms with van der Waals surface area (Å²) in [4.78, 5) is 47.8. The molecule has 2 fully saturated rings. The standard InChI is InChI=1S/C16H19N7O4S/c1-15(2)11(13(25)21-27)23-14(26)10(16(23,17)28-15)19-12(24)9(20-22-18)8-6-4-3-5-7-8/h3-7,9-11H,17H2,1-2H3,(H2,18,20)(H,19,24). The van der Waals surface area contributed by atoms with Crippen molar-refractivity contribution >= 4 is 29.5 Å². The number of fused-ring (bicyclic) bond motifs is 1. The molecule has 4 unspecified atom stereocenters. The molecule has 2 heterocycles. The van der Waals surface area contributed by atoms with Crippen molar-refractivity contribution in [2.45, 2.75) is 41.7 Å². The highest BCUT2D eigenvalue weighted by Gasteiger charge is 2.72. The van der Waals surface area contributed by atoms with Gasteiger partial charge in [0.25, 0.3) is 11.8 Å². The highest BCUT2D eigenvalue weighted by molar-refractivity contribution is 8.02. The highest BCUT2D eigenvalue weighted by Crippen LogP contribution is 2.55. The van der Waals surface area contributed by atoms with E-state index in [1.165, 1.54) is 0 Å². The van der Waals surface area contributed by atoms with Crippen LogP contribution in [0.4, 0.5) is 0 Å². The Kier molecular flexibility index (Phi) is 4.93. The first-order valence-corrected chi connectivity index (χ1v) is 9.14. The van der Waals surface area contributed by atoms with E-state index < -0.39 is 45.6 Å². The van der Waals surface area contributed by atoms with Crippen molar-refractivity contribution in [1.29, 1.82) is 0 Å². The Labute approximate surface area is 164 Å². The van der Waals surface area contributed by atoms with E-state index in [0.29, 0.717) is 5.56 Å². The molecule has 0 bridgehead atoms. The van der Waals surface area contributed by atoms with E-state index in [9.17, 15) is 19.3 Å². The Morgan fingerprint density at radius 3 is 2.50 bits per heavy atom. The zero-order valence-corrected chi connectivity index (χ0v) is 15.9. The van der Waals surface area contributed by atoms with Crippen molar-refractivity contribution in [2.75, 3.05) is 0 Å². The second kappa shape index (κ2) is 6.95. The minimum absolute atomic E-state index is 0.529. The number of nitrogens with two attached hydrogens (primary N) is 2. The first-order valence-electron chi connectivity index (χ1n) is 8.32. The number of hydrogen-bond acceptors (Lipinski definition) is 8. The third kappa shape index (κ3) is 2.94. The normalized spacial score (nSPS) is 29.1. The topological polar surface area (TPSA) is 173 Å². The third-order valence-electron chi connectivity index (χ3n) is 4.77. The molecule has 5 N–H and O–H groups in total. The third-order valence-corrected chi connectivity index (χ3v) is 6.28. The van der Waals surface area contributed by atoms with Gasteiger partial charge in [0, 0.05) is 9.92 Å². The van der Waals surface area contributed by atoms with Gasteiger partial charge < -0.3 is 11.2 Å². The summed E-state index contributed by atoms with van der Waals surface area (Å²) in [6, 6.07) is 5.29. The van der Waals surface area contributed by atoms with E-state index in [2.05, 4.69) is 20.8 Å². The number of β-lactam (4-membered cyclic amide) rings is 1. The number of rotatable bonds is 5. The SMILES string of the molecule is CC1(C)SC2(N)C(NC(=O)C(N=NN)c3ccccc3)C(=O)N2C1C(=O)N=O. The predicted octanol–water partition coefficient (Wildman–Crippen LogP) is 0.180. The summed E-state index contributed by atoms with van der Waals surface area (Å²) >= 11 is 1.12. The second-order valence-electron chi connectivity index (χ2n) is 6.98.